The molecule has 1 saturated carbocycles. The summed E-state index contributed by atoms with van der Waals surface area (Å²) in [7, 11) is 1.32. The Hall–Kier alpha value is -2.62. The SMILES string of the molecule is COC(=O)[C@@H]1C[C@@H](NC(C)(C)C)CC[C@@H]1N1CCC(NC(=O)c2cccc(C(F)(F)F)c2)C1=O. The fraction of sp³-hybridized carbons (Fsp3) is 0.625. The van der Waals surface area contributed by atoms with Crippen LogP contribution in [-0.4, -0.2) is 60.0 Å². The van der Waals surface area contributed by atoms with E-state index in [1.807, 2.05) is 20.8 Å². The molecule has 1 aromatic carbocycles. The van der Waals surface area contributed by atoms with Gasteiger partial charge in [-0.2, -0.15) is 13.2 Å². The lowest BCUT2D eigenvalue weighted by atomic mass is 9.80. The van der Waals surface area contributed by atoms with Gasteiger partial charge >= 0.3 is 12.1 Å². The van der Waals surface area contributed by atoms with Gasteiger partial charge in [0.25, 0.3) is 5.91 Å². The fourth-order valence-electron chi connectivity index (χ4n) is 4.92. The Labute approximate surface area is 197 Å². The molecule has 7 nitrogen and oxygen atoms in total. The van der Waals surface area contributed by atoms with Crippen molar-refractivity contribution in [3.05, 3.63) is 35.4 Å². The van der Waals surface area contributed by atoms with Crippen molar-refractivity contribution in [3.8, 4) is 0 Å². The molecule has 4 atom stereocenters. The molecular weight excluding hydrogens is 451 g/mol. The van der Waals surface area contributed by atoms with Crippen LogP contribution < -0.4 is 10.6 Å². The topological polar surface area (TPSA) is 87.7 Å². The number of carbonyl (C=O) groups excluding carboxylic acids is 3. The molecule has 2 aliphatic rings. The van der Waals surface area contributed by atoms with Gasteiger partial charge in [-0.1, -0.05) is 6.07 Å². The second-order valence-electron chi connectivity index (χ2n) is 10.0. The maximum Gasteiger partial charge on any atom is 0.416 e. The summed E-state index contributed by atoms with van der Waals surface area (Å²) in [5.41, 5.74) is -1.22. The quantitative estimate of drug-likeness (QED) is 0.629. The Morgan fingerprint density at radius 2 is 1.82 bits per heavy atom. The normalized spacial score (nSPS) is 25.9. The van der Waals surface area contributed by atoms with Crippen LogP contribution in [0.25, 0.3) is 0 Å². The van der Waals surface area contributed by atoms with E-state index in [1.54, 1.807) is 4.90 Å². The number of rotatable bonds is 5. The van der Waals surface area contributed by atoms with E-state index >= 15 is 0 Å². The minimum absolute atomic E-state index is 0.106. The van der Waals surface area contributed by atoms with Crippen LogP contribution in [0.5, 0.6) is 0 Å². The van der Waals surface area contributed by atoms with Gasteiger partial charge in [0.15, 0.2) is 0 Å². The van der Waals surface area contributed by atoms with Gasteiger partial charge in [0.1, 0.15) is 6.04 Å². The van der Waals surface area contributed by atoms with Gasteiger partial charge in [-0.3, -0.25) is 14.4 Å². The molecule has 34 heavy (non-hydrogen) atoms. The van der Waals surface area contributed by atoms with E-state index in [-0.39, 0.29) is 35.1 Å². The molecule has 0 aromatic heterocycles. The number of amides is 2. The van der Waals surface area contributed by atoms with Crippen molar-refractivity contribution in [3.63, 3.8) is 0 Å². The first kappa shape index (κ1) is 26.0. The monoisotopic (exact) mass is 483 g/mol. The Kier molecular flexibility index (Phi) is 7.59. The highest BCUT2D eigenvalue weighted by Gasteiger charge is 2.45. The number of halogens is 3. The van der Waals surface area contributed by atoms with Crippen molar-refractivity contribution in [1.82, 2.24) is 15.5 Å². The summed E-state index contributed by atoms with van der Waals surface area (Å²) < 4.78 is 43.9. The Morgan fingerprint density at radius 3 is 2.44 bits per heavy atom. The highest BCUT2D eigenvalue weighted by atomic mass is 19.4. The molecule has 3 rings (SSSR count). The van der Waals surface area contributed by atoms with Gasteiger partial charge in [-0.25, -0.2) is 0 Å². The van der Waals surface area contributed by atoms with Gasteiger partial charge in [0.2, 0.25) is 5.91 Å². The van der Waals surface area contributed by atoms with Gasteiger partial charge in [-0.15, -0.1) is 0 Å². The number of nitrogens with zero attached hydrogens (tertiary/aromatic N) is 1. The van der Waals surface area contributed by atoms with Crippen LogP contribution in [0, 0.1) is 5.92 Å². The summed E-state index contributed by atoms with van der Waals surface area (Å²) in [5.74, 6) is -1.95. The van der Waals surface area contributed by atoms with E-state index in [0.717, 1.165) is 24.6 Å². The van der Waals surface area contributed by atoms with E-state index in [2.05, 4.69) is 10.6 Å². The van der Waals surface area contributed by atoms with Crippen LogP contribution in [0.15, 0.2) is 24.3 Å². The highest BCUT2D eigenvalue weighted by Crippen LogP contribution is 2.33. The highest BCUT2D eigenvalue weighted by molar-refractivity contribution is 5.98. The number of benzene rings is 1. The molecule has 1 aliphatic carbocycles. The minimum Gasteiger partial charge on any atom is -0.469 e. The second-order valence-corrected chi connectivity index (χ2v) is 10.0. The zero-order valence-corrected chi connectivity index (χ0v) is 19.9. The molecule has 1 heterocycles. The van der Waals surface area contributed by atoms with Crippen LogP contribution in [0.4, 0.5) is 13.2 Å². The molecule has 0 radical (unpaired) electrons. The average Bonchev–Trinajstić information content (AvgIpc) is 3.11. The zero-order valence-electron chi connectivity index (χ0n) is 19.9. The van der Waals surface area contributed by atoms with Gasteiger partial charge < -0.3 is 20.3 Å². The smallest absolute Gasteiger partial charge is 0.416 e. The van der Waals surface area contributed by atoms with Gasteiger partial charge in [0.05, 0.1) is 18.6 Å². The predicted molar refractivity (Wildman–Crippen MR) is 119 cm³/mol. The van der Waals surface area contributed by atoms with Crippen LogP contribution in [0.3, 0.4) is 0 Å². The summed E-state index contributed by atoms with van der Waals surface area (Å²) >= 11 is 0. The summed E-state index contributed by atoms with van der Waals surface area (Å²) in [5, 5.41) is 6.07. The summed E-state index contributed by atoms with van der Waals surface area (Å²) in [6.07, 6.45) is -2.34. The summed E-state index contributed by atoms with van der Waals surface area (Å²) in [6.45, 7) is 6.50. The van der Waals surface area contributed by atoms with Gasteiger partial charge in [-0.05, 0) is 64.7 Å². The van der Waals surface area contributed by atoms with Gasteiger partial charge in [0, 0.05) is 29.7 Å². The number of nitrogens with one attached hydrogen (secondary N) is 2. The zero-order chi connectivity index (χ0) is 25.3. The van der Waals surface area contributed by atoms with E-state index in [9.17, 15) is 27.6 Å². The second kappa shape index (κ2) is 9.93. The average molecular weight is 484 g/mol. The number of alkyl halides is 3. The van der Waals surface area contributed by atoms with Crippen molar-refractivity contribution >= 4 is 17.8 Å². The first-order chi connectivity index (χ1) is 15.8. The lowest BCUT2D eigenvalue weighted by Crippen LogP contribution is -2.55. The molecule has 0 bridgehead atoms. The molecule has 10 heteroatoms. The third-order valence-corrected chi connectivity index (χ3v) is 6.35. The number of likely N-dealkylation sites (tertiary alicyclic amines) is 1. The number of methoxy groups -OCH3 is 1. The van der Waals surface area contributed by atoms with Crippen LogP contribution in [0.1, 0.15) is 62.4 Å². The summed E-state index contributed by atoms with van der Waals surface area (Å²) in [4.78, 5) is 39.9. The number of carbonyl (C=O) groups is 3. The molecule has 0 spiro atoms. The summed E-state index contributed by atoms with van der Waals surface area (Å²) in [6, 6.07) is 2.98. The van der Waals surface area contributed by atoms with E-state index in [0.29, 0.717) is 25.8 Å². The molecule has 2 N–H and O–H groups in total. The number of ether oxygens (including phenoxy) is 1. The van der Waals surface area contributed by atoms with Crippen molar-refractivity contribution in [1.29, 1.82) is 0 Å². The van der Waals surface area contributed by atoms with Crippen molar-refractivity contribution in [2.24, 2.45) is 5.92 Å². The van der Waals surface area contributed by atoms with Crippen LogP contribution >= 0.6 is 0 Å². The molecule has 1 unspecified atom stereocenters. The number of hydrogen-bond acceptors (Lipinski definition) is 5. The Bertz CT molecular complexity index is 929. The molecule has 1 saturated heterocycles. The lowest BCUT2D eigenvalue weighted by Gasteiger charge is -2.41. The first-order valence-corrected chi connectivity index (χ1v) is 11.4. The molecule has 1 aliphatic heterocycles. The Balaban J connectivity index is 1.69. The standard InChI is InChI=1S/C24H32F3N3O4/c1-23(2,3)29-16-8-9-19(17(13-16)22(33)34-4)30-11-10-18(21(30)32)28-20(31)14-6-5-7-15(12-14)24(25,26)27/h5-7,12,16-19,29H,8-11,13H2,1-4H3,(H,28,31)/t16-,17+,18?,19-/m0/s1. The maximum absolute atomic E-state index is 13.1. The molecule has 2 fully saturated rings. The van der Waals surface area contributed by atoms with Crippen molar-refractivity contribution < 1.29 is 32.3 Å². The lowest BCUT2D eigenvalue weighted by molar-refractivity contribution is -0.151. The van der Waals surface area contributed by atoms with E-state index in [1.165, 1.54) is 13.2 Å². The van der Waals surface area contributed by atoms with Crippen molar-refractivity contribution in [2.75, 3.05) is 13.7 Å². The fourth-order valence-corrected chi connectivity index (χ4v) is 4.92. The van der Waals surface area contributed by atoms with Crippen LogP contribution in [-0.2, 0) is 20.5 Å². The van der Waals surface area contributed by atoms with E-state index in [4.69, 9.17) is 4.74 Å². The van der Waals surface area contributed by atoms with E-state index < -0.39 is 29.6 Å². The molecular formula is C24H32F3N3O4. The van der Waals surface area contributed by atoms with Crippen LogP contribution in [0.2, 0.25) is 0 Å². The van der Waals surface area contributed by atoms with Crippen molar-refractivity contribution in [2.45, 2.75) is 76.3 Å². The molecule has 2 amide bonds. The number of esters is 1. The number of hydrogen-bond donors (Lipinski definition) is 2. The largest absolute Gasteiger partial charge is 0.469 e. The predicted octanol–water partition coefficient (Wildman–Crippen LogP) is 3.13. The molecule has 188 valence electrons. The Morgan fingerprint density at radius 1 is 1.12 bits per heavy atom. The first-order valence-electron chi connectivity index (χ1n) is 11.4. The maximum atomic E-state index is 13.1. The molecule has 1 aromatic rings. The third kappa shape index (κ3) is 6.08. The minimum atomic E-state index is -4.57. The third-order valence-electron chi connectivity index (χ3n) is 6.35.